The van der Waals surface area contributed by atoms with E-state index in [4.69, 9.17) is 17.3 Å². The Morgan fingerprint density at radius 3 is 2.78 bits per heavy atom. The van der Waals surface area contributed by atoms with Crippen LogP contribution < -0.4 is 11.1 Å². The Morgan fingerprint density at radius 2 is 2.17 bits per heavy atom. The fourth-order valence-electron chi connectivity index (χ4n) is 2.41. The van der Waals surface area contributed by atoms with Crippen molar-refractivity contribution in [1.82, 2.24) is 9.97 Å². The highest BCUT2D eigenvalue weighted by Gasteiger charge is 2.38. The molecule has 5 nitrogen and oxygen atoms in total. The first kappa shape index (κ1) is 13.2. The molecule has 0 aliphatic heterocycles. The predicted molar refractivity (Wildman–Crippen MR) is 70.2 cm³/mol. The van der Waals surface area contributed by atoms with Crippen LogP contribution in [0.4, 0.5) is 5.82 Å². The van der Waals surface area contributed by atoms with E-state index in [9.17, 15) is 4.79 Å². The van der Waals surface area contributed by atoms with Crippen molar-refractivity contribution in [2.24, 2.45) is 11.1 Å². The van der Waals surface area contributed by atoms with E-state index < -0.39 is 5.41 Å². The molecule has 0 bridgehead atoms. The van der Waals surface area contributed by atoms with Crippen LogP contribution in [0.2, 0.25) is 5.28 Å². The van der Waals surface area contributed by atoms with E-state index in [2.05, 4.69) is 15.3 Å². The number of anilines is 1. The standard InChI is InChI=1S/C12H17ClN4O/c13-11-15-7-4-9(17-11)16-10(18)12(8-14)5-2-1-3-6-12/h4,7H,1-3,5-6,8,14H2,(H,15,16,17,18). The molecule has 1 aromatic heterocycles. The number of hydrogen-bond acceptors (Lipinski definition) is 4. The molecule has 0 atom stereocenters. The van der Waals surface area contributed by atoms with Gasteiger partial charge in [0.2, 0.25) is 11.2 Å². The van der Waals surface area contributed by atoms with Gasteiger partial charge in [0.15, 0.2) is 0 Å². The molecule has 1 aliphatic carbocycles. The van der Waals surface area contributed by atoms with Crippen LogP contribution in [0.5, 0.6) is 0 Å². The summed E-state index contributed by atoms with van der Waals surface area (Å²) in [6, 6.07) is 1.62. The topological polar surface area (TPSA) is 80.9 Å². The summed E-state index contributed by atoms with van der Waals surface area (Å²) in [7, 11) is 0. The molecule has 1 aliphatic rings. The van der Waals surface area contributed by atoms with Crippen molar-refractivity contribution < 1.29 is 4.79 Å². The molecule has 1 saturated carbocycles. The van der Waals surface area contributed by atoms with Crippen LogP contribution in [0, 0.1) is 5.41 Å². The molecule has 0 unspecified atom stereocenters. The van der Waals surface area contributed by atoms with Crippen molar-refractivity contribution in [3.63, 3.8) is 0 Å². The quantitative estimate of drug-likeness (QED) is 0.822. The van der Waals surface area contributed by atoms with Gasteiger partial charge >= 0.3 is 0 Å². The van der Waals surface area contributed by atoms with Gasteiger partial charge in [0, 0.05) is 12.7 Å². The minimum absolute atomic E-state index is 0.0560. The number of rotatable bonds is 3. The molecule has 3 N–H and O–H groups in total. The number of nitrogens with two attached hydrogens (primary N) is 1. The van der Waals surface area contributed by atoms with Crippen LogP contribution >= 0.6 is 11.6 Å². The van der Waals surface area contributed by atoms with E-state index in [0.717, 1.165) is 25.7 Å². The van der Waals surface area contributed by atoms with Crippen LogP contribution in [-0.4, -0.2) is 22.4 Å². The average Bonchev–Trinajstić information content (AvgIpc) is 2.39. The normalized spacial score (nSPS) is 18.3. The van der Waals surface area contributed by atoms with E-state index in [1.165, 1.54) is 12.6 Å². The zero-order valence-corrected chi connectivity index (χ0v) is 10.9. The van der Waals surface area contributed by atoms with Gasteiger partial charge < -0.3 is 11.1 Å². The molecule has 1 aromatic rings. The summed E-state index contributed by atoms with van der Waals surface area (Å²) in [6.07, 6.45) is 6.47. The molecule has 2 rings (SSSR count). The summed E-state index contributed by atoms with van der Waals surface area (Å²) in [4.78, 5) is 20.1. The van der Waals surface area contributed by atoms with Gasteiger partial charge in [-0.1, -0.05) is 19.3 Å². The van der Waals surface area contributed by atoms with Gasteiger partial charge in [0.25, 0.3) is 0 Å². The first-order valence-corrected chi connectivity index (χ1v) is 6.54. The van der Waals surface area contributed by atoms with Gasteiger partial charge in [-0.15, -0.1) is 0 Å². The minimum Gasteiger partial charge on any atom is -0.329 e. The lowest BCUT2D eigenvalue weighted by molar-refractivity contribution is -0.126. The van der Waals surface area contributed by atoms with Gasteiger partial charge in [-0.2, -0.15) is 0 Å². The summed E-state index contributed by atoms with van der Waals surface area (Å²) in [5, 5.41) is 2.91. The van der Waals surface area contributed by atoms with Gasteiger partial charge in [-0.05, 0) is 30.5 Å². The summed E-state index contributed by atoms with van der Waals surface area (Å²) in [5.41, 5.74) is 5.35. The second kappa shape index (κ2) is 5.63. The molecular formula is C12H17ClN4O. The number of aromatic nitrogens is 2. The number of hydrogen-bond donors (Lipinski definition) is 2. The van der Waals surface area contributed by atoms with Crippen molar-refractivity contribution in [2.75, 3.05) is 11.9 Å². The molecule has 1 heterocycles. The molecule has 0 spiro atoms. The Balaban J connectivity index is 2.10. The molecule has 1 amide bonds. The number of amides is 1. The second-order valence-electron chi connectivity index (χ2n) is 4.71. The van der Waals surface area contributed by atoms with Crippen molar-refractivity contribution in [2.45, 2.75) is 32.1 Å². The van der Waals surface area contributed by atoms with E-state index >= 15 is 0 Å². The summed E-state index contributed by atoms with van der Waals surface area (Å²) < 4.78 is 0. The van der Waals surface area contributed by atoms with Gasteiger partial charge in [-0.25, -0.2) is 9.97 Å². The first-order chi connectivity index (χ1) is 8.66. The van der Waals surface area contributed by atoms with Crippen molar-refractivity contribution in [1.29, 1.82) is 0 Å². The molecule has 1 fully saturated rings. The fourth-order valence-corrected chi connectivity index (χ4v) is 2.55. The second-order valence-corrected chi connectivity index (χ2v) is 5.05. The highest BCUT2D eigenvalue weighted by atomic mass is 35.5. The van der Waals surface area contributed by atoms with Crippen molar-refractivity contribution in [3.05, 3.63) is 17.5 Å². The van der Waals surface area contributed by atoms with Gasteiger partial charge in [0.1, 0.15) is 5.82 Å². The zero-order valence-electron chi connectivity index (χ0n) is 10.2. The fraction of sp³-hybridized carbons (Fsp3) is 0.583. The van der Waals surface area contributed by atoms with Crippen LogP contribution in [0.3, 0.4) is 0 Å². The molecule has 0 saturated heterocycles. The van der Waals surface area contributed by atoms with Crippen molar-refractivity contribution in [3.8, 4) is 0 Å². The lowest BCUT2D eigenvalue weighted by atomic mass is 9.73. The maximum atomic E-state index is 12.3. The van der Waals surface area contributed by atoms with Crippen LogP contribution in [-0.2, 0) is 4.79 Å². The van der Waals surface area contributed by atoms with E-state index in [1.807, 2.05) is 0 Å². The highest BCUT2D eigenvalue weighted by Crippen LogP contribution is 2.36. The Hall–Kier alpha value is -1.20. The smallest absolute Gasteiger partial charge is 0.233 e. The monoisotopic (exact) mass is 268 g/mol. The Morgan fingerprint density at radius 1 is 1.44 bits per heavy atom. The average molecular weight is 269 g/mol. The lowest BCUT2D eigenvalue weighted by Gasteiger charge is -2.34. The summed E-state index contributed by atoms with van der Waals surface area (Å²) in [5.74, 6) is 0.373. The molecule has 0 radical (unpaired) electrons. The molecular weight excluding hydrogens is 252 g/mol. The largest absolute Gasteiger partial charge is 0.329 e. The lowest BCUT2D eigenvalue weighted by Crippen LogP contribution is -2.44. The summed E-state index contributed by atoms with van der Waals surface area (Å²) in [6.45, 7) is 0.373. The third-order valence-corrected chi connectivity index (χ3v) is 3.73. The van der Waals surface area contributed by atoms with Crippen LogP contribution in [0.25, 0.3) is 0 Å². The number of nitrogens with zero attached hydrogens (tertiary/aromatic N) is 2. The molecule has 98 valence electrons. The minimum atomic E-state index is -0.449. The highest BCUT2D eigenvalue weighted by molar-refractivity contribution is 6.28. The third kappa shape index (κ3) is 2.79. The number of carbonyl (C=O) groups is 1. The van der Waals surface area contributed by atoms with Crippen LogP contribution in [0.15, 0.2) is 12.3 Å². The van der Waals surface area contributed by atoms with Crippen molar-refractivity contribution >= 4 is 23.3 Å². The van der Waals surface area contributed by atoms with E-state index in [1.54, 1.807) is 6.07 Å². The first-order valence-electron chi connectivity index (χ1n) is 6.16. The number of carbonyl (C=O) groups excluding carboxylic acids is 1. The van der Waals surface area contributed by atoms with Gasteiger partial charge in [0.05, 0.1) is 5.41 Å². The SMILES string of the molecule is NCC1(C(=O)Nc2ccnc(Cl)n2)CCCCC1. The van der Waals surface area contributed by atoms with Gasteiger partial charge in [-0.3, -0.25) is 4.79 Å². The predicted octanol–water partition coefficient (Wildman–Crippen LogP) is 1.98. The maximum Gasteiger partial charge on any atom is 0.233 e. The zero-order chi connectivity index (χ0) is 13.0. The molecule has 0 aromatic carbocycles. The maximum absolute atomic E-state index is 12.3. The molecule has 18 heavy (non-hydrogen) atoms. The Labute approximate surface area is 111 Å². The third-order valence-electron chi connectivity index (χ3n) is 3.55. The Kier molecular flexibility index (Phi) is 4.14. The Bertz CT molecular complexity index is 432. The number of halogens is 1. The van der Waals surface area contributed by atoms with Crippen LogP contribution in [0.1, 0.15) is 32.1 Å². The van der Waals surface area contributed by atoms with E-state index in [-0.39, 0.29) is 11.2 Å². The summed E-state index contributed by atoms with van der Waals surface area (Å²) >= 11 is 5.68. The van der Waals surface area contributed by atoms with E-state index in [0.29, 0.717) is 12.4 Å². The molecule has 6 heteroatoms. The number of nitrogens with one attached hydrogen (secondary N) is 1.